The second-order valence-electron chi connectivity index (χ2n) is 7.67. The maximum atomic E-state index is 12.8. The second kappa shape index (κ2) is 7.89. The minimum absolute atomic E-state index is 0.316. The van der Waals surface area contributed by atoms with Crippen molar-refractivity contribution in [3.8, 4) is 0 Å². The molecule has 0 radical (unpaired) electrons. The molecule has 2 bridgehead atoms. The van der Waals surface area contributed by atoms with Gasteiger partial charge in [0.15, 0.2) is 0 Å². The van der Waals surface area contributed by atoms with Crippen LogP contribution in [0.3, 0.4) is 0 Å². The molecule has 4 nitrogen and oxygen atoms in total. The molecular weight excluding hydrogens is 342 g/mol. The van der Waals surface area contributed by atoms with Crippen LogP contribution in [0.4, 0.5) is 0 Å². The van der Waals surface area contributed by atoms with Crippen molar-refractivity contribution in [2.24, 2.45) is 5.92 Å². The number of benzene rings is 1. The van der Waals surface area contributed by atoms with E-state index in [0.29, 0.717) is 24.3 Å². The lowest BCUT2D eigenvalue weighted by Gasteiger charge is -2.36. The van der Waals surface area contributed by atoms with Gasteiger partial charge >= 0.3 is 0 Å². The van der Waals surface area contributed by atoms with Gasteiger partial charge in [-0.15, -0.1) is 11.3 Å². The molecule has 4 heterocycles. The number of rotatable bonds is 5. The molecule has 3 fully saturated rings. The summed E-state index contributed by atoms with van der Waals surface area (Å²) in [6, 6.07) is 11.2. The highest BCUT2D eigenvalue weighted by Gasteiger charge is 2.36. The van der Waals surface area contributed by atoms with Gasteiger partial charge in [0.2, 0.25) is 5.91 Å². The standard InChI is InChI=1S/C21H27N3OS/c1-16-20(26-15-22-16)9-10-21(25)24-13-18-7-8-19(14-24)23(12-18)11-17-5-3-2-4-6-17/h2-6,15,18-19H,7-14H2,1H3/t18-,19-/m0/s1. The van der Waals surface area contributed by atoms with Crippen LogP contribution in [0.2, 0.25) is 0 Å². The molecule has 0 spiro atoms. The average Bonchev–Trinajstić information content (AvgIpc) is 2.86. The van der Waals surface area contributed by atoms with E-state index < -0.39 is 0 Å². The van der Waals surface area contributed by atoms with Gasteiger partial charge in [0.1, 0.15) is 0 Å². The van der Waals surface area contributed by atoms with E-state index in [-0.39, 0.29) is 0 Å². The number of nitrogens with zero attached hydrogens (tertiary/aromatic N) is 3. The van der Waals surface area contributed by atoms with Crippen molar-refractivity contribution in [2.75, 3.05) is 19.6 Å². The van der Waals surface area contributed by atoms with Gasteiger partial charge in [-0.3, -0.25) is 9.69 Å². The normalized spacial score (nSPS) is 23.2. The van der Waals surface area contributed by atoms with Gasteiger partial charge in [-0.05, 0) is 37.7 Å². The van der Waals surface area contributed by atoms with E-state index in [9.17, 15) is 4.79 Å². The van der Waals surface area contributed by atoms with Crippen molar-refractivity contribution in [3.63, 3.8) is 0 Å². The Morgan fingerprint density at radius 3 is 2.81 bits per heavy atom. The third kappa shape index (κ3) is 3.99. The van der Waals surface area contributed by atoms with E-state index in [0.717, 1.165) is 38.3 Å². The zero-order valence-corrected chi connectivity index (χ0v) is 16.3. The summed E-state index contributed by atoms with van der Waals surface area (Å²) in [6.45, 7) is 5.98. The molecule has 5 heteroatoms. The SMILES string of the molecule is Cc1ncsc1CCC(=O)N1C[C@H]2CC[C@@H](C1)N(Cc1ccccc1)C2. The van der Waals surface area contributed by atoms with Crippen LogP contribution in [0.1, 0.15) is 35.4 Å². The lowest BCUT2D eigenvalue weighted by molar-refractivity contribution is -0.131. The largest absolute Gasteiger partial charge is 0.341 e. The molecule has 26 heavy (non-hydrogen) atoms. The lowest BCUT2D eigenvalue weighted by atomic mass is 9.94. The van der Waals surface area contributed by atoms with E-state index >= 15 is 0 Å². The van der Waals surface area contributed by atoms with E-state index in [1.54, 1.807) is 11.3 Å². The minimum atomic E-state index is 0.316. The number of thiazole rings is 1. The van der Waals surface area contributed by atoms with Crippen molar-refractivity contribution < 1.29 is 4.79 Å². The first-order valence-electron chi connectivity index (χ1n) is 9.64. The third-order valence-electron chi connectivity index (χ3n) is 5.82. The van der Waals surface area contributed by atoms with Crippen LogP contribution in [-0.4, -0.2) is 46.4 Å². The molecule has 138 valence electrons. The number of carbonyl (C=O) groups excluding carboxylic acids is 1. The Hall–Kier alpha value is -1.72. The highest BCUT2D eigenvalue weighted by molar-refractivity contribution is 7.09. The van der Waals surface area contributed by atoms with Crippen molar-refractivity contribution >= 4 is 17.2 Å². The van der Waals surface area contributed by atoms with Crippen LogP contribution in [0, 0.1) is 12.8 Å². The Bertz CT molecular complexity index is 745. The fourth-order valence-corrected chi connectivity index (χ4v) is 5.12. The topological polar surface area (TPSA) is 36.4 Å². The minimum Gasteiger partial charge on any atom is -0.341 e. The first-order valence-corrected chi connectivity index (χ1v) is 10.5. The molecule has 3 aliphatic heterocycles. The van der Waals surface area contributed by atoms with Crippen LogP contribution >= 0.6 is 11.3 Å². The molecule has 1 aromatic heterocycles. The number of amides is 1. The Labute approximate surface area is 159 Å². The second-order valence-corrected chi connectivity index (χ2v) is 8.61. The van der Waals surface area contributed by atoms with Crippen molar-refractivity contribution in [1.29, 1.82) is 0 Å². The van der Waals surface area contributed by atoms with E-state index in [1.165, 1.54) is 23.3 Å². The van der Waals surface area contributed by atoms with Gasteiger partial charge in [0.25, 0.3) is 0 Å². The zero-order chi connectivity index (χ0) is 17.9. The van der Waals surface area contributed by atoms with Crippen LogP contribution in [0.15, 0.2) is 35.8 Å². The van der Waals surface area contributed by atoms with E-state index in [1.807, 2.05) is 12.4 Å². The van der Waals surface area contributed by atoms with Crippen LogP contribution in [0.5, 0.6) is 0 Å². The third-order valence-corrected chi connectivity index (χ3v) is 6.81. The number of hydrogen-bond donors (Lipinski definition) is 0. The predicted molar refractivity (Wildman–Crippen MR) is 105 cm³/mol. The van der Waals surface area contributed by atoms with Crippen LogP contribution < -0.4 is 0 Å². The number of aryl methyl sites for hydroxylation is 2. The highest BCUT2D eigenvalue weighted by Crippen LogP contribution is 2.29. The summed E-state index contributed by atoms with van der Waals surface area (Å²) >= 11 is 1.67. The average molecular weight is 370 g/mol. The summed E-state index contributed by atoms with van der Waals surface area (Å²) in [4.78, 5) is 23.1. The maximum absolute atomic E-state index is 12.8. The van der Waals surface area contributed by atoms with Crippen molar-refractivity contribution in [2.45, 2.75) is 45.2 Å². The number of hydrogen-bond acceptors (Lipinski definition) is 4. The molecule has 1 aromatic carbocycles. The van der Waals surface area contributed by atoms with Gasteiger partial charge in [-0.1, -0.05) is 30.3 Å². The van der Waals surface area contributed by atoms with E-state index in [4.69, 9.17) is 0 Å². The van der Waals surface area contributed by atoms with Gasteiger partial charge in [-0.25, -0.2) is 4.98 Å². The van der Waals surface area contributed by atoms with Gasteiger partial charge in [-0.2, -0.15) is 0 Å². The molecule has 0 saturated carbocycles. The molecule has 0 N–H and O–H groups in total. The first-order chi connectivity index (χ1) is 12.7. The lowest BCUT2D eigenvalue weighted by Crippen LogP contribution is -2.43. The van der Waals surface area contributed by atoms with Gasteiger partial charge < -0.3 is 4.90 Å². The molecule has 2 atom stereocenters. The molecule has 2 aromatic rings. The van der Waals surface area contributed by atoms with Crippen LogP contribution in [0.25, 0.3) is 0 Å². The summed E-state index contributed by atoms with van der Waals surface area (Å²) < 4.78 is 0. The first kappa shape index (κ1) is 17.7. The van der Waals surface area contributed by atoms with Gasteiger partial charge in [0.05, 0.1) is 11.2 Å². The van der Waals surface area contributed by atoms with Gasteiger partial charge in [0, 0.05) is 43.5 Å². The Balaban J connectivity index is 1.38. The number of piperidine rings is 1. The number of fused-ring (bicyclic) bond motifs is 4. The number of carbonyl (C=O) groups is 1. The number of aromatic nitrogens is 1. The summed E-state index contributed by atoms with van der Waals surface area (Å²) in [7, 11) is 0. The summed E-state index contributed by atoms with van der Waals surface area (Å²) in [5, 5.41) is 0. The summed E-state index contributed by atoms with van der Waals surface area (Å²) in [5.74, 6) is 0.933. The van der Waals surface area contributed by atoms with Crippen LogP contribution in [-0.2, 0) is 17.8 Å². The quantitative estimate of drug-likeness (QED) is 0.809. The molecular formula is C21H27N3OS. The molecule has 1 amide bonds. The smallest absolute Gasteiger partial charge is 0.222 e. The molecule has 0 aliphatic carbocycles. The zero-order valence-electron chi connectivity index (χ0n) is 15.4. The monoisotopic (exact) mass is 369 g/mol. The molecule has 3 aliphatic rings. The highest BCUT2D eigenvalue weighted by atomic mass is 32.1. The van der Waals surface area contributed by atoms with Crippen molar-refractivity contribution in [1.82, 2.24) is 14.8 Å². The summed E-state index contributed by atoms with van der Waals surface area (Å²) in [6.07, 6.45) is 3.92. The fourth-order valence-electron chi connectivity index (χ4n) is 4.34. The maximum Gasteiger partial charge on any atom is 0.222 e. The van der Waals surface area contributed by atoms with Crippen molar-refractivity contribution in [3.05, 3.63) is 52.0 Å². The molecule has 5 rings (SSSR count). The summed E-state index contributed by atoms with van der Waals surface area (Å²) in [5.41, 5.74) is 4.33. The Kier molecular flexibility index (Phi) is 5.36. The molecule has 3 saturated heterocycles. The predicted octanol–water partition coefficient (Wildman–Crippen LogP) is 3.51. The Morgan fingerprint density at radius 1 is 1.19 bits per heavy atom. The Morgan fingerprint density at radius 2 is 2.04 bits per heavy atom. The molecule has 0 unspecified atom stereocenters. The fraction of sp³-hybridized carbons (Fsp3) is 0.524. The van der Waals surface area contributed by atoms with E-state index in [2.05, 4.69) is 45.1 Å².